The van der Waals surface area contributed by atoms with Crippen LogP contribution in [0.25, 0.3) is 27.4 Å². The van der Waals surface area contributed by atoms with E-state index in [4.69, 9.17) is 10.2 Å². The van der Waals surface area contributed by atoms with Crippen LogP contribution in [0.4, 0.5) is 4.39 Å². The number of allylic oxidation sites excluding steroid dienone is 4. The van der Waals surface area contributed by atoms with Gasteiger partial charge in [-0.25, -0.2) is 17.5 Å². The normalized spacial score (nSPS) is 13.9. The van der Waals surface area contributed by atoms with Crippen LogP contribution in [-0.4, -0.2) is 36.8 Å². The van der Waals surface area contributed by atoms with Gasteiger partial charge in [-0.15, -0.1) is 11.3 Å². The van der Waals surface area contributed by atoms with Crippen LogP contribution in [0, 0.1) is 5.82 Å². The van der Waals surface area contributed by atoms with Crippen molar-refractivity contribution < 1.29 is 31.6 Å². The summed E-state index contributed by atoms with van der Waals surface area (Å²) in [6.45, 7) is -0.0459. The molecule has 1 aliphatic carbocycles. The summed E-state index contributed by atoms with van der Waals surface area (Å²) in [6, 6.07) is 4.17. The van der Waals surface area contributed by atoms with E-state index >= 15 is 4.39 Å². The van der Waals surface area contributed by atoms with Crippen LogP contribution in [0.15, 0.2) is 52.5 Å². The molecule has 0 radical (unpaired) electrons. The van der Waals surface area contributed by atoms with Gasteiger partial charge < -0.3 is 14.7 Å². The second kappa shape index (κ2) is 8.57. The van der Waals surface area contributed by atoms with E-state index in [9.17, 15) is 22.8 Å². The molecular weight excluding hydrogens is 509 g/mol. The molecular formula is C24H18FN3O6S2. The van der Waals surface area contributed by atoms with Crippen LogP contribution in [-0.2, 0) is 21.4 Å². The second-order valence-electron chi connectivity index (χ2n) is 8.25. The zero-order chi connectivity index (χ0) is 25.8. The van der Waals surface area contributed by atoms with Crippen molar-refractivity contribution in [2.45, 2.75) is 13.0 Å². The van der Waals surface area contributed by atoms with Gasteiger partial charge in [0.2, 0.25) is 10.0 Å². The van der Waals surface area contributed by atoms with Gasteiger partial charge in [0.25, 0.3) is 11.8 Å². The molecule has 0 unspecified atom stereocenters. The third-order valence-corrected chi connectivity index (χ3v) is 7.27. The fourth-order valence-corrected chi connectivity index (χ4v) is 5.51. The molecule has 9 nitrogen and oxygen atoms in total. The van der Waals surface area contributed by atoms with E-state index in [0.29, 0.717) is 5.56 Å². The SMILES string of the molecule is CS(=O)(=O)NC(=O)c1c(C2=CC=CCC2=O)c2c3occc3c(F)cc2n1Cc1csc(C(N)=O)c1. The fourth-order valence-electron chi connectivity index (χ4n) is 4.32. The number of Topliss-reactive ketones (excluding diaryl/α,β-unsaturated/α-hetero) is 1. The molecule has 12 heteroatoms. The highest BCUT2D eigenvalue weighted by Crippen LogP contribution is 2.40. The predicted molar refractivity (Wildman–Crippen MR) is 133 cm³/mol. The Morgan fingerprint density at radius 3 is 2.75 bits per heavy atom. The van der Waals surface area contributed by atoms with Gasteiger partial charge in [0.15, 0.2) is 5.78 Å². The number of benzene rings is 1. The summed E-state index contributed by atoms with van der Waals surface area (Å²) < 4.78 is 48.0. The topological polar surface area (TPSA) is 141 Å². The molecule has 3 N–H and O–H groups in total. The van der Waals surface area contributed by atoms with Crippen molar-refractivity contribution in [1.82, 2.24) is 9.29 Å². The third kappa shape index (κ3) is 4.03. The smallest absolute Gasteiger partial charge is 0.282 e. The van der Waals surface area contributed by atoms with Crippen molar-refractivity contribution in [2.24, 2.45) is 5.73 Å². The summed E-state index contributed by atoms with van der Waals surface area (Å²) in [6.07, 6.45) is 7.02. The lowest BCUT2D eigenvalue weighted by molar-refractivity contribution is -0.113. The van der Waals surface area contributed by atoms with Gasteiger partial charge in [0.05, 0.1) is 33.7 Å². The molecule has 0 saturated heterocycles. The van der Waals surface area contributed by atoms with Crippen molar-refractivity contribution in [3.8, 4) is 0 Å². The van der Waals surface area contributed by atoms with Gasteiger partial charge in [0, 0.05) is 24.1 Å². The largest absolute Gasteiger partial charge is 0.463 e. The number of thiophene rings is 1. The lowest BCUT2D eigenvalue weighted by atomic mass is 9.93. The average Bonchev–Trinajstić information content (AvgIpc) is 3.51. The molecule has 3 aromatic heterocycles. The molecule has 0 atom stereocenters. The van der Waals surface area contributed by atoms with E-state index in [0.717, 1.165) is 17.6 Å². The molecule has 5 rings (SSSR count). The summed E-state index contributed by atoms with van der Waals surface area (Å²) in [7, 11) is -3.99. The first-order chi connectivity index (χ1) is 17.0. The number of carbonyl (C=O) groups excluding carboxylic acids is 3. The number of carbonyl (C=O) groups is 3. The molecule has 2 amide bonds. The van der Waals surface area contributed by atoms with E-state index < -0.39 is 27.7 Å². The number of fused-ring (bicyclic) bond motifs is 3. The number of halogens is 1. The Morgan fingerprint density at radius 2 is 2.08 bits per heavy atom. The third-order valence-electron chi connectivity index (χ3n) is 5.72. The first-order valence-corrected chi connectivity index (χ1v) is 13.3. The number of hydrogen-bond donors (Lipinski definition) is 2. The molecule has 0 aliphatic heterocycles. The Bertz CT molecular complexity index is 1770. The molecule has 0 bridgehead atoms. The number of nitrogens with zero attached hydrogens (tertiary/aromatic N) is 1. The van der Waals surface area contributed by atoms with E-state index in [1.54, 1.807) is 17.5 Å². The number of nitrogens with one attached hydrogen (secondary N) is 1. The molecule has 0 saturated carbocycles. The molecule has 36 heavy (non-hydrogen) atoms. The monoisotopic (exact) mass is 527 g/mol. The number of primary amides is 1. The first kappa shape index (κ1) is 23.7. The van der Waals surface area contributed by atoms with Crippen LogP contribution in [0.1, 0.15) is 37.7 Å². The molecule has 1 aromatic carbocycles. The van der Waals surface area contributed by atoms with Gasteiger partial charge in [-0.2, -0.15) is 0 Å². The number of sulfonamides is 1. The van der Waals surface area contributed by atoms with Crippen molar-refractivity contribution in [1.29, 1.82) is 0 Å². The molecule has 0 fully saturated rings. The quantitative estimate of drug-likeness (QED) is 0.394. The van der Waals surface area contributed by atoms with Gasteiger partial charge >= 0.3 is 0 Å². The zero-order valence-corrected chi connectivity index (χ0v) is 20.3. The van der Waals surface area contributed by atoms with Crippen LogP contribution < -0.4 is 10.5 Å². The Hall–Kier alpha value is -4.03. The first-order valence-electron chi connectivity index (χ1n) is 10.6. The predicted octanol–water partition coefficient (Wildman–Crippen LogP) is 3.34. The maximum Gasteiger partial charge on any atom is 0.282 e. The van der Waals surface area contributed by atoms with Crippen molar-refractivity contribution in [2.75, 3.05) is 6.26 Å². The highest BCUT2D eigenvalue weighted by Gasteiger charge is 2.32. The van der Waals surface area contributed by atoms with Gasteiger partial charge in [0.1, 0.15) is 17.1 Å². The number of aromatic nitrogens is 1. The number of ketones is 1. The highest BCUT2D eigenvalue weighted by molar-refractivity contribution is 7.89. The average molecular weight is 528 g/mol. The van der Waals surface area contributed by atoms with Crippen molar-refractivity contribution in [3.05, 3.63) is 75.6 Å². The van der Waals surface area contributed by atoms with E-state index in [-0.39, 0.29) is 62.3 Å². The number of hydrogen-bond acceptors (Lipinski definition) is 7. The van der Waals surface area contributed by atoms with Gasteiger partial charge in [-0.05, 0) is 29.1 Å². The number of furan rings is 1. The van der Waals surface area contributed by atoms with E-state index in [1.807, 2.05) is 4.72 Å². The van der Waals surface area contributed by atoms with Gasteiger partial charge in [-0.3, -0.25) is 14.4 Å². The summed E-state index contributed by atoms with van der Waals surface area (Å²) >= 11 is 1.10. The molecule has 3 heterocycles. The minimum Gasteiger partial charge on any atom is -0.463 e. The lowest BCUT2D eigenvalue weighted by Gasteiger charge is -2.13. The zero-order valence-electron chi connectivity index (χ0n) is 18.7. The molecule has 4 aromatic rings. The Labute approximate surface area is 207 Å². The van der Waals surface area contributed by atoms with E-state index in [2.05, 4.69) is 0 Å². The molecule has 1 aliphatic rings. The summed E-state index contributed by atoms with van der Waals surface area (Å²) in [5.41, 5.74) is 6.37. The Morgan fingerprint density at radius 1 is 1.31 bits per heavy atom. The maximum atomic E-state index is 15.1. The molecule has 184 valence electrons. The second-order valence-corrected chi connectivity index (χ2v) is 10.9. The maximum absolute atomic E-state index is 15.1. The highest BCUT2D eigenvalue weighted by atomic mass is 32.2. The molecule has 0 spiro atoms. The van der Waals surface area contributed by atoms with Crippen LogP contribution in [0.3, 0.4) is 0 Å². The van der Waals surface area contributed by atoms with Crippen LogP contribution >= 0.6 is 11.3 Å². The van der Waals surface area contributed by atoms with Crippen LogP contribution in [0.2, 0.25) is 0 Å². The minimum atomic E-state index is -3.99. The number of rotatable bonds is 6. The number of nitrogens with two attached hydrogens (primary N) is 1. The van der Waals surface area contributed by atoms with Gasteiger partial charge in [-0.1, -0.05) is 18.2 Å². The number of amides is 2. The van der Waals surface area contributed by atoms with Crippen LogP contribution in [0.5, 0.6) is 0 Å². The Kier molecular flexibility index (Phi) is 5.64. The standard InChI is InChI=1S/C24H18FN3O6S2/c1-36(32,33)27-24(31)21-19(14-4-2-3-5-17(14)29)20-16(9-15(25)13-6-7-34-22(13)20)28(21)10-12-8-18(23(26)30)35-11-12/h2-4,6-9,11H,5,10H2,1H3,(H2,26,30)(H,27,31). The fraction of sp³-hybridized carbons (Fsp3) is 0.125. The summed E-state index contributed by atoms with van der Waals surface area (Å²) in [4.78, 5) is 38.3. The van der Waals surface area contributed by atoms with Crippen molar-refractivity contribution in [3.63, 3.8) is 0 Å². The van der Waals surface area contributed by atoms with E-state index in [1.165, 1.54) is 35.1 Å². The Balaban J connectivity index is 1.89. The van der Waals surface area contributed by atoms with Crippen molar-refractivity contribution >= 4 is 66.4 Å². The minimum absolute atomic E-state index is 0.0459. The summed E-state index contributed by atoms with van der Waals surface area (Å²) in [5.74, 6) is -2.57. The lowest BCUT2D eigenvalue weighted by Crippen LogP contribution is -2.32. The summed E-state index contributed by atoms with van der Waals surface area (Å²) in [5, 5.41) is 2.08.